The first-order valence-electron chi connectivity index (χ1n) is 9.34. The minimum Gasteiger partial charge on any atom is -0.343 e. The lowest BCUT2D eigenvalue weighted by Crippen LogP contribution is -2.60. The van der Waals surface area contributed by atoms with Crippen molar-refractivity contribution < 1.29 is 9.59 Å². The molecule has 7 heteroatoms. The zero-order valence-electron chi connectivity index (χ0n) is 16.6. The van der Waals surface area contributed by atoms with E-state index in [0.717, 1.165) is 18.4 Å². The number of hydrogen-bond acceptors (Lipinski definition) is 3. The van der Waals surface area contributed by atoms with Crippen LogP contribution in [0.3, 0.4) is 0 Å². The second-order valence-electron chi connectivity index (χ2n) is 8.11. The summed E-state index contributed by atoms with van der Waals surface area (Å²) in [6.07, 6.45) is 3.24. The van der Waals surface area contributed by atoms with Crippen LogP contribution >= 0.6 is 12.4 Å². The van der Waals surface area contributed by atoms with Crippen LogP contribution in [0.25, 0.3) is 0 Å². The third-order valence-corrected chi connectivity index (χ3v) is 5.08. The smallest absolute Gasteiger partial charge is 0.315 e. The van der Waals surface area contributed by atoms with Crippen molar-refractivity contribution in [1.82, 2.24) is 15.5 Å². The summed E-state index contributed by atoms with van der Waals surface area (Å²) >= 11 is 0. The molecule has 1 aromatic carbocycles. The Balaban J connectivity index is 0.00000364. The minimum atomic E-state index is -0.805. The molecule has 0 spiro atoms. The van der Waals surface area contributed by atoms with E-state index < -0.39 is 5.54 Å². The first-order valence-corrected chi connectivity index (χ1v) is 9.34. The van der Waals surface area contributed by atoms with Crippen molar-refractivity contribution in [2.75, 3.05) is 20.1 Å². The molecular weight excluding hydrogens is 364 g/mol. The monoisotopic (exact) mass is 396 g/mol. The normalized spacial score (nSPS) is 15.6. The summed E-state index contributed by atoms with van der Waals surface area (Å²) in [4.78, 5) is 27.3. The number of carbonyl (C=O) groups excluding carboxylic acids is 2. The molecule has 0 radical (unpaired) electrons. The SMILES string of the molecule is CN(CC(C)(C)CN)C(=O)C1(NC(=O)NCc2ccccc2)CCCC1.Cl. The van der Waals surface area contributed by atoms with E-state index in [1.807, 2.05) is 44.2 Å². The van der Waals surface area contributed by atoms with Crippen LogP contribution < -0.4 is 16.4 Å². The van der Waals surface area contributed by atoms with Gasteiger partial charge in [0.2, 0.25) is 5.91 Å². The average Bonchev–Trinajstić information content (AvgIpc) is 3.09. The van der Waals surface area contributed by atoms with Gasteiger partial charge in [-0.25, -0.2) is 4.79 Å². The third-order valence-electron chi connectivity index (χ3n) is 5.08. The Morgan fingerprint density at radius 2 is 1.78 bits per heavy atom. The van der Waals surface area contributed by atoms with Crippen molar-refractivity contribution >= 4 is 24.3 Å². The Hall–Kier alpha value is -1.79. The highest BCUT2D eigenvalue weighted by Gasteiger charge is 2.44. The van der Waals surface area contributed by atoms with Crippen molar-refractivity contribution in [1.29, 1.82) is 0 Å². The molecule has 152 valence electrons. The Bertz CT molecular complexity index is 616. The predicted molar refractivity (Wildman–Crippen MR) is 111 cm³/mol. The Labute approximate surface area is 168 Å². The molecule has 3 amide bonds. The van der Waals surface area contributed by atoms with Crippen LogP contribution in [0.1, 0.15) is 45.1 Å². The summed E-state index contributed by atoms with van der Waals surface area (Å²) in [6.45, 7) is 5.59. The summed E-state index contributed by atoms with van der Waals surface area (Å²) in [7, 11) is 1.80. The molecule has 0 aromatic heterocycles. The highest BCUT2D eigenvalue weighted by atomic mass is 35.5. The molecule has 1 aromatic rings. The second kappa shape index (κ2) is 9.95. The molecular formula is C20H33ClN4O2. The summed E-state index contributed by atoms with van der Waals surface area (Å²) in [5.41, 5.74) is 5.86. The Kier molecular flexibility index (Phi) is 8.57. The molecule has 1 saturated carbocycles. The maximum Gasteiger partial charge on any atom is 0.315 e. The molecule has 0 bridgehead atoms. The van der Waals surface area contributed by atoms with E-state index in [-0.39, 0.29) is 29.8 Å². The number of carbonyl (C=O) groups is 2. The zero-order valence-corrected chi connectivity index (χ0v) is 17.4. The van der Waals surface area contributed by atoms with Gasteiger partial charge in [-0.15, -0.1) is 12.4 Å². The van der Waals surface area contributed by atoms with Gasteiger partial charge in [-0.3, -0.25) is 4.79 Å². The number of nitrogens with one attached hydrogen (secondary N) is 2. The van der Waals surface area contributed by atoms with Crippen molar-refractivity contribution in [2.45, 2.75) is 51.6 Å². The molecule has 1 fully saturated rings. The lowest BCUT2D eigenvalue weighted by Gasteiger charge is -2.36. The van der Waals surface area contributed by atoms with E-state index in [0.29, 0.717) is 32.5 Å². The van der Waals surface area contributed by atoms with Gasteiger partial charge in [0, 0.05) is 20.1 Å². The van der Waals surface area contributed by atoms with Gasteiger partial charge in [-0.1, -0.05) is 57.0 Å². The lowest BCUT2D eigenvalue weighted by atomic mass is 9.90. The fourth-order valence-corrected chi connectivity index (χ4v) is 3.55. The maximum absolute atomic E-state index is 13.1. The van der Waals surface area contributed by atoms with Gasteiger partial charge in [-0.2, -0.15) is 0 Å². The van der Waals surface area contributed by atoms with Crippen molar-refractivity contribution in [3.05, 3.63) is 35.9 Å². The van der Waals surface area contributed by atoms with Gasteiger partial charge in [0.15, 0.2) is 0 Å². The summed E-state index contributed by atoms with van der Waals surface area (Å²) in [6, 6.07) is 9.43. The number of halogens is 1. The van der Waals surface area contributed by atoms with E-state index in [1.54, 1.807) is 11.9 Å². The van der Waals surface area contributed by atoms with Gasteiger partial charge >= 0.3 is 6.03 Å². The Morgan fingerprint density at radius 1 is 1.19 bits per heavy atom. The molecule has 0 atom stereocenters. The van der Waals surface area contributed by atoms with Crippen LogP contribution in [-0.4, -0.2) is 42.5 Å². The van der Waals surface area contributed by atoms with Gasteiger partial charge in [-0.05, 0) is 30.4 Å². The van der Waals surface area contributed by atoms with Crippen molar-refractivity contribution in [3.8, 4) is 0 Å². The largest absolute Gasteiger partial charge is 0.343 e. The Morgan fingerprint density at radius 3 is 2.33 bits per heavy atom. The van der Waals surface area contributed by atoms with E-state index in [9.17, 15) is 9.59 Å². The lowest BCUT2D eigenvalue weighted by molar-refractivity contribution is -0.137. The molecule has 4 N–H and O–H groups in total. The molecule has 2 rings (SSSR count). The number of benzene rings is 1. The molecule has 0 aliphatic heterocycles. The fraction of sp³-hybridized carbons (Fsp3) is 0.600. The number of urea groups is 1. The molecule has 1 aliphatic carbocycles. The quantitative estimate of drug-likeness (QED) is 0.662. The van der Waals surface area contributed by atoms with Crippen molar-refractivity contribution in [2.24, 2.45) is 11.1 Å². The molecule has 6 nitrogen and oxygen atoms in total. The molecule has 27 heavy (non-hydrogen) atoms. The third kappa shape index (κ3) is 6.40. The van der Waals surface area contributed by atoms with Crippen molar-refractivity contribution in [3.63, 3.8) is 0 Å². The van der Waals surface area contributed by atoms with Gasteiger partial charge < -0.3 is 21.3 Å². The highest BCUT2D eigenvalue weighted by Crippen LogP contribution is 2.32. The van der Waals surface area contributed by atoms with Crippen LogP contribution in [0.5, 0.6) is 0 Å². The molecule has 1 aliphatic rings. The zero-order chi connectivity index (χ0) is 19.2. The number of rotatable bonds is 7. The van der Waals surface area contributed by atoms with Crippen LogP contribution in [-0.2, 0) is 11.3 Å². The predicted octanol–water partition coefficient (Wildman–Crippen LogP) is 2.66. The highest BCUT2D eigenvalue weighted by molar-refractivity contribution is 5.91. The second-order valence-corrected chi connectivity index (χ2v) is 8.11. The van der Waals surface area contributed by atoms with E-state index in [1.165, 1.54) is 0 Å². The molecule has 0 heterocycles. The first kappa shape index (κ1) is 23.2. The number of amides is 3. The van der Waals surface area contributed by atoms with E-state index in [2.05, 4.69) is 10.6 Å². The maximum atomic E-state index is 13.1. The average molecular weight is 397 g/mol. The fourth-order valence-electron chi connectivity index (χ4n) is 3.55. The summed E-state index contributed by atoms with van der Waals surface area (Å²) in [5, 5.41) is 5.84. The summed E-state index contributed by atoms with van der Waals surface area (Å²) in [5.74, 6) is -0.0219. The van der Waals surface area contributed by atoms with Crippen LogP contribution in [0.2, 0.25) is 0 Å². The van der Waals surface area contributed by atoms with Crippen LogP contribution in [0.4, 0.5) is 4.79 Å². The number of nitrogens with zero attached hydrogens (tertiary/aromatic N) is 1. The molecule has 0 saturated heterocycles. The topological polar surface area (TPSA) is 87.5 Å². The minimum absolute atomic E-state index is 0. The number of hydrogen-bond donors (Lipinski definition) is 3. The van der Waals surface area contributed by atoms with Gasteiger partial charge in [0.25, 0.3) is 0 Å². The molecule has 0 unspecified atom stereocenters. The van der Waals surface area contributed by atoms with Crippen LogP contribution in [0.15, 0.2) is 30.3 Å². The summed E-state index contributed by atoms with van der Waals surface area (Å²) < 4.78 is 0. The number of likely N-dealkylation sites (N-methyl/N-ethyl adjacent to an activating group) is 1. The standard InChI is InChI=1S/C20H32N4O2.ClH/c1-19(2,14-21)15-24(3)17(25)20(11-7-8-12-20)23-18(26)22-13-16-9-5-4-6-10-16;/h4-6,9-10H,7-8,11-15,21H2,1-3H3,(H2,22,23,26);1H. The first-order chi connectivity index (χ1) is 12.3. The van der Waals surface area contributed by atoms with Crippen LogP contribution in [0, 0.1) is 5.41 Å². The van der Waals surface area contributed by atoms with Gasteiger partial charge in [0.1, 0.15) is 5.54 Å². The van der Waals surface area contributed by atoms with Gasteiger partial charge in [0.05, 0.1) is 0 Å². The van der Waals surface area contributed by atoms with E-state index in [4.69, 9.17) is 5.73 Å². The number of nitrogens with two attached hydrogens (primary N) is 1. The van der Waals surface area contributed by atoms with E-state index >= 15 is 0 Å².